The summed E-state index contributed by atoms with van der Waals surface area (Å²) in [6, 6.07) is 1.06. The summed E-state index contributed by atoms with van der Waals surface area (Å²) in [4.78, 5) is 11.1. The van der Waals surface area contributed by atoms with Crippen molar-refractivity contribution in [1.29, 1.82) is 0 Å². The fourth-order valence-corrected chi connectivity index (χ4v) is 1.39. The Hall–Kier alpha value is -1.41. The zero-order valence-corrected chi connectivity index (χ0v) is 8.41. The molecule has 0 aliphatic carbocycles. The number of carbonyl (C=O) groups is 1. The number of ether oxygens (including phenoxy) is 1. The van der Waals surface area contributed by atoms with Gasteiger partial charge < -0.3 is 4.74 Å². The Balaban J connectivity index is 3.25. The first-order chi connectivity index (χ1) is 6.36. The summed E-state index contributed by atoms with van der Waals surface area (Å²) in [6.07, 6.45) is 0. The van der Waals surface area contributed by atoms with Crippen molar-refractivity contribution in [3.8, 4) is 0 Å². The molecule has 1 aromatic heterocycles. The zero-order chi connectivity index (χ0) is 10.9. The Kier molecular flexibility index (Phi) is 2.58. The molecule has 78 valence electrons. The van der Waals surface area contributed by atoms with E-state index in [1.165, 1.54) is 14.2 Å². The maximum atomic E-state index is 11.1. The van der Waals surface area contributed by atoms with E-state index in [-0.39, 0.29) is 10.7 Å². The lowest BCUT2D eigenvalue weighted by Gasteiger charge is -1.96. The van der Waals surface area contributed by atoms with Gasteiger partial charge in [-0.3, -0.25) is 4.68 Å². The predicted octanol–water partition coefficient (Wildman–Crippen LogP) is -1.15. The number of hydrogen-bond donors (Lipinski definition) is 1. The van der Waals surface area contributed by atoms with Crippen LogP contribution in [0.5, 0.6) is 0 Å². The van der Waals surface area contributed by atoms with Gasteiger partial charge in [0.2, 0.25) is 0 Å². The largest absolute Gasteiger partial charge is 0.464 e. The van der Waals surface area contributed by atoms with E-state index >= 15 is 0 Å². The zero-order valence-electron chi connectivity index (χ0n) is 7.59. The summed E-state index contributed by atoms with van der Waals surface area (Å²) >= 11 is 0. The molecule has 0 spiro atoms. The number of aryl methyl sites for hydroxylation is 1. The Morgan fingerprint density at radius 1 is 1.64 bits per heavy atom. The number of primary sulfonamides is 1. The minimum absolute atomic E-state index is 0.0246. The highest BCUT2D eigenvalue weighted by Crippen LogP contribution is 2.08. The van der Waals surface area contributed by atoms with E-state index in [4.69, 9.17) is 5.14 Å². The molecule has 0 fully saturated rings. The number of nitrogens with zero attached hydrogens (tertiary/aromatic N) is 2. The summed E-state index contributed by atoms with van der Waals surface area (Å²) < 4.78 is 27.2. The second-order valence-corrected chi connectivity index (χ2v) is 4.04. The normalized spacial score (nSPS) is 11.4. The monoisotopic (exact) mass is 219 g/mol. The third-order valence-electron chi connectivity index (χ3n) is 1.54. The maximum absolute atomic E-state index is 11.1. The van der Waals surface area contributed by atoms with E-state index in [0.29, 0.717) is 0 Å². The standard InChI is InChI=1S/C6H9N3O4S/c1-9-4(6(10)13-2)3-5(8-9)14(7,11)12/h3H,1-2H3,(H2,7,11,12). The fourth-order valence-electron chi connectivity index (χ4n) is 0.876. The second-order valence-electron chi connectivity index (χ2n) is 2.53. The molecular weight excluding hydrogens is 210 g/mol. The van der Waals surface area contributed by atoms with Crippen LogP contribution in [0.4, 0.5) is 0 Å². The van der Waals surface area contributed by atoms with Crippen LogP contribution in [-0.2, 0) is 21.8 Å². The summed E-state index contributed by atoms with van der Waals surface area (Å²) in [5, 5.41) is 8.02. The van der Waals surface area contributed by atoms with Gasteiger partial charge in [-0.1, -0.05) is 0 Å². The third kappa shape index (κ3) is 1.91. The van der Waals surface area contributed by atoms with E-state index in [1.54, 1.807) is 0 Å². The number of nitrogens with two attached hydrogens (primary N) is 1. The minimum Gasteiger partial charge on any atom is -0.464 e. The van der Waals surface area contributed by atoms with Crippen molar-refractivity contribution < 1.29 is 17.9 Å². The minimum atomic E-state index is -3.89. The van der Waals surface area contributed by atoms with Gasteiger partial charge in [-0.05, 0) is 0 Å². The number of carbonyl (C=O) groups excluding carboxylic acids is 1. The first-order valence-corrected chi connectivity index (χ1v) is 5.06. The van der Waals surface area contributed by atoms with Crippen LogP contribution in [-0.4, -0.2) is 31.3 Å². The van der Waals surface area contributed by atoms with Gasteiger partial charge in [0.05, 0.1) is 7.11 Å². The topological polar surface area (TPSA) is 104 Å². The lowest BCUT2D eigenvalue weighted by molar-refractivity contribution is 0.0588. The predicted molar refractivity (Wildman–Crippen MR) is 45.9 cm³/mol. The van der Waals surface area contributed by atoms with E-state index < -0.39 is 16.0 Å². The van der Waals surface area contributed by atoms with Crippen LogP contribution in [0.25, 0.3) is 0 Å². The summed E-state index contributed by atoms with van der Waals surface area (Å²) in [5.74, 6) is -0.671. The molecule has 0 unspecified atom stereocenters. The molecule has 0 bridgehead atoms. The molecule has 14 heavy (non-hydrogen) atoms. The van der Waals surface area contributed by atoms with E-state index in [0.717, 1.165) is 10.7 Å². The summed E-state index contributed by atoms with van der Waals surface area (Å²) in [6.45, 7) is 0. The highest BCUT2D eigenvalue weighted by Gasteiger charge is 2.19. The van der Waals surface area contributed by atoms with E-state index in [1.807, 2.05) is 0 Å². The van der Waals surface area contributed by atoms with Gasteiger partial charge in [-0.2, -0.15) is 5.10 Å². The highest BCUT2D eigenvalue weighted by molar-refractivity contribution is 7.89. The first kappa shape index (κ1) is 10.7. The molecule has 0 saturated heterocycles. The molecule has 0 radical (unpaired) electrons. The molecule has 7 nitrogen and oxygen atoms in total. The van der Waals surface area contributed by atoms with Crippen molar-refractivity contribution in [1.82, 2.24) is 9.78 Å². The van der Waals surface area contributed by atoms with Gasteiger partial charge in [0.25, 0.3) is 10.0 Å². The number of esters is 1. The van der Waals surface area contributed by atoms with Crippen molar-refractivity contribution in [2.45, 2.75) is 5.03 Å². The summed E-state index contributed by atoms with van der Waals surface area (Å²) in [7, 11) is -1.28. The smallest absolute Gasteiger partial charge is 0.356 e. The van der Waals surface area contributed by atoms with Crippen molar-refractivity contribution >= 4 is 16.0 Å². The molecule has 1 aromatic rings. The van der Waals surface area contributed by atoms with Crippen molar-refractivity contribution in [2.75, 3.05) is 7.11 Å². The number of aromatic nitrogens is 2. The molecule has 0 aliphatic rings. The highest BCUT2D eigenvalue weighted by atomic mass is 32.2. The number of sulfonamides is 1. The van der Waals surface area contributed by atoms with E-state index in [9.17, 15) is 13.2 Å². The van der Waals surface area contributed by atoms with Crippen LogP contribution in [0.2, 0.25) is 0 Å². The van der Waals surface area contributed by atoms with Crippen molar-refractivity contribution in [3.05, 3.63) is 11.8 Å². The fraction of sp³-hybridized carbons (Fsp3) is 0.333. The average Bonchev–Trinajstić information content (AvgIpc) is 2.45. The Bertz CT molecular complexity index is 461. The van der Waals surface area contributed by atoms with Crippen molar-refractivity contribution in [2.24, 2.45) is 12.2 Å². The lowest BCUT2D eigenvalue weighted by atomic mass is 10.4. The second kappa shape index (κ2) is 3.39. The Labute approximate surface area is 80.5 Å². The maximum Gasteiger partial charge on any atom is 0.356 e. The van der Waals surface area contributed by atoms with Gasteiger partial charge in [-0.25, -0.2) is 18.4 Å². The van der Waals surface area contributed by atoms with E-state index in [2.05, 4.69) is 9.84 Å². The molecule has 0 aromatic carbocycles. The number of rotatable bonds is 2. The molecule has 0 aliphatic heterocycles. The molecule has 1 heterocycles. The Morgan fingerprint density at radius 2 is 2.21 bits per heavy atom. The summed E-state index contributed by atoms with van der Waals surface area (Å²) in [5.41, 5.74) is 0.0246. The molecular formula is C6H9N3O4S. The SMILES string of the molecule is COC(=O)c1cc(S(N)(=O)=O)nn1C. The van der Waals surface area contributed by atoms with Gasteiger partial charge in [-0.15, -0.1) is 0 Å². The average molecular weight is 219 g/mol. The van der Waals surface area contributed by atoms with Crippen LogP contribution in [0.3, 0.4) is 0 Å². The molecule has 8 heteroatoms. The third-order valence-corrected chi connectivity index (χ3v) is 2.33. The van der Waals surface area contributed by atoms with Crippen LogP contribution >= 0.6 is 0 Å². The van der Waals surface area contributed by atoms with Gasteiger partial charge in [0.1, 0.15) is 5.69 Å². The first-order valence-electron chi connectivity index (χ1n) is 3.51. The molecule has 0 atom stereocenters. The molecule has 0 amide bonds. The van der Waals surface area contributed by atoms with Crippen molar-refractivity contribution in [3.63, 3.8) is 0 Å². The number of methoxy groups -OCH3 is 1. The molecule has 2 N–H and O–H groups in total. The van der Waals surface area contributed by atoms with Gasteiger partial charge in [0.15, 0.2) is 5.03 Å². The number of hydrogen-bond acceptors (Lipinski definition) is 5. The van der Waals surface area contributed by atoms with Crippen LogP contribution < -0.4 is 5.14 Å². The quantitative estimate of drug-likeness (QED) is 0.633. The molecule has 0 saturated carbocycles. The lowest BCUT2D eigenvalue weighted by Crippen LogP contribution is -2.13. The molecule has 1 rings (SSSR count). The van der Waals surface area contributed by atoms with Crippen LogP contribution in [0.15, 0.2) is 11.1 Å². The van der Waals surface area contributed by atoms with Crippen LogP contribution in [0, 0.1) is 0 Å². The van der Waals surface area contributed by atoms with Gasteiger partial charge in [0, 0.05) is 13.1 Å². The van der Waals surface area contributed by atoms with Crippen LogP contribution in [0.1, 0.15) is 10.5 Å². The van der Waals surface area contributed by atoms with Gasteiger partial charge >= 0.3 is 5.97 Å². The Morgan fingerprint density at radius 3 is 2.57 bits per heavy atom.